The smallest absolute Gasteiger partial charge is 0.291 e. The number of rotatable bonds is 9. The third kappa shape index (κ3) is 5.70. The van der Waals surface area contributed by atoms with Crippen molar-refractivity contribution in [2.45, 2.75) is 83.5 Å². The van der Waals surface area contributed by atoms with Gasteiger partial charge in [0.1, 0.15) is 11.5 Å². The molecule has 40 heavy (non-hydrogen) atoms. The maximum absolute atomic E-state index is 13.2. The Morgan fingerprint density at radius 3 is 2.20 bits per heavy atom. The lowest BCUT2D eigenvalue weighted by Gasteiger charge is -2.42. The zero-order valence-corrected chi connectivity index (χ0v) is 25.8. The summed E-state index contributed by atoms with van der Waals surface area (Å²) in [5, 5.41) is 2.77. The van der Waals surface area contributed by atoms with Crippen LogP contribution in [0, 0.1) is 6.92 Å². The van der Waals surface area contributed by atoms with Crippen LogP contribution in [-0.2, 0) is 27.3 Å². The highest BCUT2D eigenvalue weighted by Crippen LogP contribution is 2.46. The number of aryl methyl sites for hydroxylation is 1. The van der Waals surface area contributed by atoms with E-state index in [1.807, 2.05) is 6.07 Å². The van der Waals surface area contributed by atoms with Crippen molar-refractivity contribution in [2.24, 2.45) is 0 Å². The molecule has 4 rings (SSSR count). The largest absolute Gasteiger partial charge is 0.495 e. The fourth-order valence-corrected chi connectivity index (χ4v) is 7.07. The molecule has 0 saturated carbocycles. The molecule has 1 aliphatic carbocycles. The van der Waals surface area contributed by atoms with Crippen LogP contribution >= 0.6 is 0 Å². The Bertz CT molecular complexity index is 1510. The van der Waals surface area contributed by atoms with E-state index in [0.717, 1.165) is 12.8 Å². The number of carbonyl (C=O) groups is 1. The number of carbonyl (C=O) groups excluding carboxylic acids is 1. The number of nitrogens with zero attached hydrogens (tertiary/aromatic N) is 1. The first kappa shape index (κ1) is 29.9. The van der Waals surface area contributed by atoms with Gasteiger partial charge in [0.05, 0.1) is 17.7 Å². The summed E-state index contributed by atoms with van der Waals surface area (Å²) in [6.45, 7) is 15.7. The minimum Gasteiger partial charge on any atom is -0.495 e. The standard InChI is InChI=1S/C32H42N2O5S/c1-9-34(10-2)40(36,37)24-12-14-28(38-8)27(20-24)33-30(35)29-13-11-23(39-29)18-22-19-26-25(17-21(22)3)31(4,5)15-16-32(26,6)7/h11-14,17,19-20H,9-10,15-16,18H2,1-8H3,(H,33,35). The van der Waals surface area contributed by atoms with E-state index in [-0.39, 0.29) is 27.2 Å². The Balaban J connectivity index is 1.58. The van der Waals surface area contributed by atoms with Crippen molar-refractivity contribution < 1.29 is 22.4 Å². The number of amides is 1. The predicted octanol–water partition coefficient (Wildman–Crippen LogP) is 6.82. The van der Waals surface area contributed by atoms with Gasteiger partial charge < -0.3 is 14.5 Å². The molecular weight excluding hydrogens is 524 g/mol. The molecule has 2 aromatic carbocycles. The molecule has 1 heterocycles. The summed E-state index contributed by atoms with van der Waals surface area (Å²) >= 11 is 0. The minimum atomic E-state index is -3.70. The van der Waals surface area contributed by atoms with Crippen molar-refractivity contribution in [3.8, 4) is 5.75 Å². The van der Waals surface area contributed by atoms with Crippen LogP contribution in [0.5, 0.6) is 5.75 Å². The molecule has 1 amide bonds. The van der Waals surface area contributed by atoms with E-state index in [1.165, 1.54) is 45.8 Å². The molecule has 1 aromatic heterocycles. The second-order valence-corrected chi connectivity index (χ2v) is 13.9. The van der Waals surface area contributed by atoms with Crippen LogP contribution in [-0.4, -0.2) is 38.8 Å². The average molecular weight is 567 g/mol. The molecule has 8 heteroatoms. The van der Waals surface area contributed by atoms with Crippen LogP contribution in [0.2, 0.25) is 0 Å². The summed E-state index contributed by atoms with van der Waals surface area (Å²) in [4.78, 5) is 13.2. The summed E-state index contributed by atoms with van der Waals surface area (Å²) in [5.41, 5.74) is 5.71. The molecule has 0 radical (unpaired) electrons. The van der Waals surface area contributed by atoms with E-state index in [1.54, 1.807) is 26.0 Å². The summed E-state index contributed by atoms with van der Waals surface area (Å²) in [6.07, 6.45) is 2.88. The molecule has 3 aromatic rings. The molecule has 0 aliphatic heterocycles. The number of benzene rings is 2. The number of nitrogens with one attached hydrogen (secondary N) is 1. The van der Waals surface area contributed by atoms with Crippen molar-refractivity contribution >= 4 is 21.6 Å². The molecule has 0 bridgehead atoms. The summed E-state index contributed by atoms with van der Waals surface area (Å²) in [6, 6.07) is 12.6. The molecule has 216 valence electrons. The van der Waals surface area contributed by atoms with E-state index in [2.05, 4.69) is 52.1 Å². The highest BCUT2D eigenvalue weighted by atomic mass is 32.2. The normalized spacial score (nSPS) is 16.0. The van der Waals surface area contributed by atoms with E-state index in [9.17, 15) is 13.2 Å². The lowest BCUT2D eigenvalue weighted by molar-refractivity contribution is 0.0994. The monoisotopic (exact) mass is 566 g/mol. The Morgan fingerprint density at radius 1 is 0.975 bits per heavy atom. The maximum atomic E-state index is 13.2. The lowest BCUT2D eigenvalue weighted by Crippen LogP contribution is -2.34. The summed E-state index contributed by atoms with van der Waals surface area (Å²) in [7, 11) is -2.23. The minimum absolute atomic E-state index is 0.0846. The molecule has 7 nitrogen and oxygen atoms in total. The van der Waals surface area contributed by atoms with Gasteiger partial charge in [0.2, 0.25) is 10.0 Å². The van der Waals surface area contributed by atoms with Crippen LogP contribution in [0.1, 0.15) is 93.0 Å². The van der Waals surface area contributed by atoms with Crippen LogP contribution in [0.25, 0.3) is 0 Å². The average Bonchev–Trinajstić information content (AvgIpc) is 3.37. The molecule has 1 aliphatic rings. The Kier molecular flexibility index (Phi) is 8.25. The third-order valence-electron chi connectivity index (χ3n) is 8.32. The van der Waals surface area contributed by atoms with Crippen molar-refractivity contribution in [2.75, 3.05) is 25.5 Å². The van der Waals surface area contributed by atoms with Gasteiger partial charge in [0.15, 0.2) is 5.76 Å². The highest BCUT2D eigenvalue weighted by molar-refractivity contribution is 7.89. The van der Waals surface area contributed by atoms with Gasteiger partial charge in [0.25, 0.3) is 5.91 Å². The zero-order chi connectivity index (χ0) is 29.5. The fraction of sp³-hybridized carbons (Fsp3) is 0.469. The second kappa shape index (κ2) is 11.1. The van der Waals surface area contributed by atoms with Crippen LogP contribution in [0.15, 0.2) is 51.8 Å². The molecular formula is C32H42N2O5S. The highest BCUT2D eigenvalue weighted by Gasteiger charge is 2.37. The molecule has 1 N–H and O–H groups in total. The first-order valence-electron chi connectivity index (χ1n) is 14.0. The lowest BCUT2D eigenvalue weighted by atomic mass is 9.62. The molecule has 0 atom stereocenters. The van der Waals surface area contributed by atoms with Gasteiger partial charge in [-0.15, -0.1) is 0 Å². The van der Waals surface area contributed by atoms with Gasteiger partial charge in [-0.25, -0.2) is 8.42 Å². The first-order chi connectivity index (χ1) is 18.7. The van der Waals surface area contributed by atoms with E-state index in [4.69, 9.17) is 9.15 Å². The van der Waals surface area contributed by atoms with Gasteiger partial charge in [-0.2, -0.15) is 4.31 Å². The number of ether oxygens (including phenoxy) is 1. The SMILES string of the molecule is CCN(CC)S(=O)(=O)c1ccc(OC)c(NC(=O)c2ccc(Cc3cc4c(cc3C)C(C)(C)CCC4(C)C)o2)c1. The maximum Gasteiger partial charge on any atom is 0.291 e. The van der Waals surface area contributed by atoms with Crippen molar-refractivity contribution in [1.29, 1.82) is 0 Å². The quantitative estimate of drug-likeness (QED) is 0.307. The van der Waals surface area contributed by atoms with Gasteiger partial charge in [-0.3, -0.25) is 4.79 Å². The number of hydrogen-bond donors (Lipinski definition) is 1. The molecule has 0 spiro atoms. The van der Waals surface area contributed by atoms with Gasteiger partial charge in [-0.1, -0.05) is 53.7 Å². The van der Waals surface area contributed by atoms with Gasteiger partial charge in [0, 0.05) is 19.5 Å². The van der Waals surface area contributed by atoms with Gasteiger partial charge in [-0.05, 0) is 83.2 Å². The third-order valence-corrected chi connectivity index (χ3v) is 10.4. The zero-order valence-electron chi connectivity index (χ0n) is 25.0. The van der Waals surface area contributed by atoms with E-state index in [0.29, 0.717) is 31.0 Å². The van der Waals surface area contributed by atoms with Gasteiger partial charge >= 0.3 is 0 Å². The Morgan fingerprint density at radius 2 is 1.60 bits per heavy atom. The Labute approximate surface area is 239 Å². The van der Waals surface area contributed by atoms with E-state index < -0.39 is 15.9 Å². The van der Waals surface area contributed by atoms with Crippen LogP contribution in [0.3, 0.4) is 0 Å². The number of furan rings is 1. The fourth-order valence-electron chi connectivity index (χ4n) is 5.58. The predicted molar refractivity (Wildman–Crippen MR) is 159 cm³/mol. The summed E-state index contributed by atoms with van der Waals surface area (Å²) in [5.74, 6) is 0.706. The Hall–Kier alpha value is -3.10. The number of fused-ring (bicyclic) bond motifs is 1. The number of methoxy groups -OCH3 is 1. The number of anilines is 1. The first-order valence-corrected chi connectivity index (χ1v) is 15.4. The molecule has 0 saturated heterocycles. The topological polar surface area (TPSA) is 88.9 Å². The van der Waals surface area contributed by atoms with Crippen molar-refractivity contribution in [1.82, 2.24) is 4.31 Å². The van der Waals surface area contributed by atoms with Crippen LogP contribution in [0.4, 0.5) is 5.69 Å². The molecule has 0 unspecified atom stereocenters. The van der Waals surface area contributed by atoms with Crippen LogP contribution < -0.4 is 10.1 Å². The second-order valence-electron chi connectivity index (χ2n) is 11.9. The molecule has 0 fully saturated rings. The van der Waals surface area contributed by atoms with Crippen molar-refractivity contribution in [3.05, 3.63) is 76.2 Å². The van der Waals surface area contributed by atoms with Crippen molar-refractivity contribution in [3.63, 3.8) is 0 Å². The summed E-state index contributed by atoms with van der Waals surface area (Å²) < 4.78 is 38.8. The number of sulfonamides is 1. The van der Waals surface area contributed by atoms with E-state index >= 15 is 0 Å². The number of hydrogen-bond acceptors (Lipinski definition) is 5.